The van der Waals surface area contributed by atoms with Crippen molar-refractivity contribution in [2.24, 2.45) is 0 Å². The van der Waals surface area contributed by atoms with Gasteiger partial charge in [-0.25, -0.2) is 0 Å². The molecule has 1 rings (SSSR count). The fourth-order valence-corrected chi connectivity index (χ4v) is 1.22. The van der Waals surface area contributed by atoms with E-state index in [2.05, 4.69) is 13.0 Å². The van der Waals surface area contributed by atoms with Gasteiger partial charge in [-0.15, -0.1) is 0 Å². The third-order valence-electron chi connectivity index (χ3n) is 1.80. The summed E-state index contributed by atoms with van der Waals surface area (Å²) in [5, 5.41) is 9.09. The van der Waals surface area contributed by atoms with Crippen molar-refractivity contribution in [1.82, 2.24) is 0 Å². The fraction of sp³-hybridized carbons (Fsp3) is 0.273. The van der Waals surface area contributed by atoms with Crippen molar-refractivity contribution in [1.29, 1.82) is 0 Å². The summed E-state index contributed by atoms with van der Waals surface area (Å²) in [5.74, 6) is 0.357. The lowest BCUT2D eigenvalue weighted by atomic mass is 10.1. The quantitative estimate of drug-likeness (QED) is 0.662. The molecule has 1 nitrogen and oxygen atoms in total. The molecular formula is C11H14O. The van der Waals surface area contributed by atoms with Gasteiger partial charge in [0.1, 0.15) is 0 Å². The van der Waals surface area contributed by atoms with E-state index in [1.165, 1.54) is 5.56 Å². The average molecular weight is 162 g/mol. The van der Waals surface area contributed by atoms with E-state index in [4.69, 9.17) is 5.11 Å². The second kappa shape index (κ2) is 3.96. The Balaban J connectivity index is 3.05. The van der Waals surface area contributed by atoms with E-state index in [0.717, 1.165) is 12.0 Å². The molecule has 0 atom stereocenters. The number of aliphatic hydroxyl groups is 1. The molecule has 0 aliphatic carbocycles. The van der Waals surface area contributed by atoms with Gasteiger partial charge < -0.3 is 5.11 Å². The number of aliphatic hydroxyl groups excluding tert-OH is 1. The van der Waals surface area contributed by atoms with Crippen molar-refractivity contribution in [3.8, 4) is 0 Å². The van der Waals surface area contributed by atoms with Gasteiger partial charge >= 0.3 is 0 Å². The number of aryl methyl sites for hydroxylation is 1. The normalized spacial score (nSPS) is 11.7. The second-order valence-electron chi connectivity index (χ2n) is 2.84. The van der Waals surface area contributed by atoms with Crippen molar-refractivity contribution in [3.05, 3.63) is 41.2 Å². The van der Waals surface area contributed by atoms with Crippen LogP contribution in [0.25, 0.3) is 6.08 Å². The summed E-state index contributed by atoms with van der Waals surface area (Å²) in [6.45, 7) is 3.80. The molecule has 1 N–H and O–H groups in total. The summed E-state index contributed by atoms with van der Waals surface area (Å²) in [7, 11) is 0. The maximum Gasteiger partial charge on any atom is 0.0897 e. The van der Waals surface area contributed by atoms with Crippen LogP contribution in [0.5, 0.6) is 0 Å². The Bertz CT molecular complexity index is 283. The Morgan fingerprint density at radius 1 is 1.42 bits per heavy atom. The summed E-state index contributed by atoms with van der Waals surface area (Å²) in [5.41, 5.74) is 2.38. The van der Waals surface area contributed by atoms with Gasteiger partial charge in [0.15, 0.2) is 0 Å². The molecule has 0 unspecified atom stereocenters. The van der Waals surface area contributed by atoms with Crippen LogP contribution in [0.4, 0.5) is 0 Å². The van der Waals surface area contributed by atoms with Gasteiger partial charge in [-0.3, -0.25) is 0 Å². The first-order chi connectivity index (χ1) is 5.74. The summed E-state index contributed by atoms with van der Waals surface area (Å²) in [4.78, 5) is 0. The number of rotatable bonds is 2. The minimum absolute atomic E-state index is 0.357. The van der Waals surface area contributed by atoms with Crippen LogP contribution >= 0.6 is 0 Å². The van der Waals surface area contributed by atoms with E-state index in [0.29, 0.717) is 5.76 Å². The van der Waals surface area contributed by atoms with Crippen LogP contribution in [-0.2, 0) is 6.42 Å². The molecule has 1 aromatic carbocycles. The molecule has 0 aliphatic rings. The zero-order chi connectivity index (χ0) is 8.97. The highest BCUT2D eigenvalue weighted by atomic mass is 16.3. The Morgan fingerprint density at radius 3 is 2.67 bits per heavy atom. The maximum atomic E-state index is 9.09. The molecule has 0 bridgehead atoms. The lowest BCUT2D eigenvalue weighted by Crippen LogP contribution is -1.85. The highest BCUT2D eigenvalue weighted by molar-refractivity contribution is 5.54. The topological polar surface area (TPSA) is 20.2 Å². The van der Waals surface area contributed by atoms with E-state index in [1.807, 2.05) is 18.2 Å². The Kier molecular flexibility index (Phi) is 2.92. The first kappa shape index (κ1) is 8.85. The summed E-state index contributed by atoms with van der Waals surface area (Å²) in [6.07, 6.45) is 2.79. The lowest BCUT2D eigenvalue weighted by Gasteiger charge is -2.01. The lowest BCUT2D eigenvalue weighted by molar-refractivity contribution is 0.420. The van der Waals surface area contributed by atoms with Crippen LogP contribution in [-0.4, -0.2) is 5.11 Å². The first-order valence-corrected chi connectivity index (χ1v) is 4.19. The maximum absolute atomic E-state index is 9.09. The van der Waals surface area contributed by atoms with Crippen LogP contribution < -0.4 is 0 Å². The minimum atomic E-state index is 0.357. The van der Waals surface area contributed by atoms with Crippen molar-refractivity contribution >= 4 is 6.08 Å². The fourth-order valence-electron chi connectivity index (χ4n) is 1.22. The number of hydrogen-bond acceptors (Lipinski definition) is 1. The van der Waals surface area contributed by atoms with Crippen LogP contribution in [0.15, 0.2) is 30.0 Å². The average Bonchev–Trinajstić information content (AvgIpc) is 2.04. The van der Waals surface area contributed by atoms with E-state index < -0.39 is 0 Å². The SMILES string of the molecule is CCc1ccccc1/C=C(\C)O. The van der Waals surface area contributed by atoms with Crippen molar-refractivity contribution in [3.63, 3.8) is 0 Å². The van der Waals surface area contributed by atoms with Crippen LogP contribution in [0.3, 0.4) is 0 Å². The van der Waals surface area contributed by atoms with Crippen molar-refractivity contribution in [2.45, 2.75) is 20.3 Å². The molecule has 0 spiro atoms. The highest BCUT2D eigenvalue weighted by Crippen LogP contribution is 2.12. The number of benzene rings is 1. The zero-order valence-corrected chi connectivity index (χ0v) is 7.54. The monoisotopic (exact) mass is 162 g/mol. The molecular weight excluding hydrogens is 148 g/mol. The summed E-state index contributed by atoms with van der Waals surface area (Å²) >= 11 is 0. The van der Waals surface area contributed by atoms with Gasteiger partial charge in [0, 0.05) is 0 Å². The third-order valence-corrected chi connectivity index (χ3v) is 1.80. The minimum Gasteiger partial charge on any atom is -0.513 e. The van der Waals surface area contributed by atoms with Gasteiger partial charge in [-0.2, -0.15) is 0 Å². The molecule has 0 saturated heterocycles. The van der Waals surface area contributed by atoms with E-state index in [1.54, 1.807) is 13.0 Å². The predicted octanol–water partition coefficient (Wildman–Crippen LogP) is 3.17. The van der Waals surface area contributed by atoms with E-state index in [-0.39, 0.29) is 0 Å². The molecule has 0 aliphatic heterocycles. The molecule has 0 radical (unpaired) electrons. The smallest absolute Gasteiger partial charge is 0.0897 e. The molecule has 0 aromatic heterocycles. The first-order valence-electron chi connectivity index (χ1n) is 4.19. The van der Waals surface area contributed by atoms with Crippen LogP contribution in [0.2, 0.25) is 0 Å². The summed E-state index contributed by atoms with van der Waals surface area (Å²) < 4.78 is 0. The third kappa shape index (κ3) is 2.12. The highest BCUT2D eigenvalue weighted by Gasteiger charge is 1.95. The summed E-state index contributed by atoms with van der Waals surface area (Å²) in [6, 6.07) is 8.09. The van der Waals surface area contributed by atoms with Crippen molar-refractivity contribution < 1.29 is 5.11 Å². The molecule has 1 heteroatoms. The van der Waals surface area contributed by atoms with Gasteiger partial charge in [0.2, 0.25) is 0 Å². The second-order valence-corrected chi connectivity index (χ2v) is 2.84. The Morgan fingerprint density at radius 2 is 2.08 bits per heavy atom. The van der Waals surface area contributed by atoms with Gasteiger partial charge in [-0.1, -0.05) is 31.2 Å². The number of allylic oxidation sites excluding steroid dienone is 1. The van der Waals surface area contributed by atoms with Gasteiger partial charge in [0.25, 0.3) is 0 Å². The Labute approximate surface area is 73.4 Å². The Hall–Kier alpha value is -1.24. The number of hydrogen-bond donors (Lipinski definition) is 1. The molecule has 0 fully saturated rings. The van der Waals surface area contributed by atoms with Gasteiger partial charge in [0.05, 0.1) is 5.76 Å². The molecule has 64 valence electrons. The molecule has 0 amide bonds. The largest absolute Gasteiger partial charge is 0.513 e. The molecule has 12 heavy (non-hydrogen) atoms. The molecule has 0 saturated carbocycles. The zero-order valence-electron chi connectivity index (χ0n) is 7.54. The van der Waals surface area contributed by atoms with Gasteiger partial charge in [-0.05, 0) is 30.5 Å². The van der Waals surface area contributed by atoms with Crippen LogP contribution in [0.1, 0.15) is 25.0 Å². The van der Waals surface area contributed by atoms with E-state index in [9.17, 15) is 0 Å². The van der Waals surface area contributed by atoms with Crippen LogP contribution in [0, 0.1) is 0 Å². The molecule has 1 aromatic rings. The van der Waals surface area contributed by atoms with E-state index >= 15 is 0 Å². The molecule has 0 heterocycles. The predicted molar refractivity (Wildman–Crippen MR) is 52.1 cm³/mol. The standard InChI is InChI=1S/C11H14O/c1-3-10-6-4-5-7-11(10)8-9(2)12/h4-8,12H,3H2,1-2H3/b9-8+. The van der Waals surface area contributed by atoms with Crippen molar-refractivity contribution in [2.75, 3.05) is 0 Å².